The summed E-state index contributed by atoms with van der Waals surface area (Å²) >= 11 is 0. The Morgan fingerprint density at radius 3 is 3.00 bits per heavy atom. The standard InChI is InChI=1S/C10H18O4/c1-2-13-10(11)5-3-4-9-8-12-6-7-14-9/h9H,2-8H2,1H3. The zero-order valence-electron chi connectivity index (χ0n) is 8.66. The van der Waals surface area contributed by atoms with Crippen LogP contribution in [0.3, 0.4) is 0 Å². The summed E-state index contributed by atoms with van der Waals surface area (Å²) in [5.41, 5.74) is 0. The van der Waals surface area contributed by atoms with E-state index >= 15 is 0 Å². The van der Waals surface area contributed by atoms with Crippen LogP contribution in [-0.2, 0) is 19.0 Å². The molecule has 4 nitrogen and oxygen atoms in total. The molecule has 1 aliphatic rings. The van der Waals surface area contributed by atoms with Crippen molar-refractivity contribution in [2.45, 2.75) is 32.3 Å². The van der Waals surface area contributed by atoms with Crippen molar-refractivity contribution < 1.29 is 19.0 Å². The molecule has 14 heavy (non-hydrogen) atoms. The normalized spacial score (nSPS) is 21.9. The molecule has 82 valence electrons. The lowest BCUT2D eigenvalue weighted by atomic mass is 10.1. The van der Waals surface area contributed by atoms with E-state index in [9.17, 15) is 4.79 Å². The van der Waals surface area contributed by atoms with Crippen LogP contribution in [0, 0.1) is 0 Å². The molecule has 0 spiro atoms. The Balaban J connectivity index is 1.99. The van der Waals surface area contributed by atoms with Crippen LogP contribution in [0.5, 0.6) is 0 Å². The molecule has 1 rings (SSSR count). The highest BCUT2D eigenvalue weighted by molar-refractivity contribution is 5.69. The van der Waals surface area contributed by atoms with Crippen molar-refractivity contribution in [2.75, 3.05) is 26.4 Å². The molecule has 1 atom stereocenters. The van der Waals surface area contributed by atoms with Crippen LogP contribution >= 0.6 is 0 Å². The van der Waals surface area contributed by atoms with Gasteiger partial charge in [-0.2, -0.15) is 0 Å². The summed E-state index contributed by atoms with van der Waals surface area (Å²) in [5.74, 6) is -0.121. The summed E-state index contributed by atoms with van der Waals surface area (Å²) in [6.45, 7) is 4.29. The SMILES string of the molecule is CCOC(=O)CCCC1COCCO1. The first-order valence-corrected chi connectivity index (χ1v) is 5.18. The van der Waals surface area contributed by atoms with Crippen LogP contribution in [-0.4, -0.2) is 38.5 Å². The van der Waals surface area contributed by atoms with Crippen molar-refractivity contribution in [3.8, 4) is 0 Å². The van der Waals surface area contributed by atoms with Crippen LogP contribution in [0.25, 0.3) is 0 Å². The van der Waals surface area contributed by atoms with E-state index in [2.05, 4.69) is 0 Å². The highest BCUT2D eigenvalue weighted by Crippen LogP contribution is 2.09. The number of esters is 1. The molecule has 0 amide bonds. The average molecular weight is 202 g/mol. The fourth-order valence-corrected chi connectivity index (χ4v) is 1.41. The Morgan fingerprint density at radius 2 is 2.36 bits per heavy atom. The third-order valence-electron chi connectivity index (χ3n) is 2.10. The molecular formula is C10H18O4. The maximum atomic E-state index is 11.0. The molecule has 0 aliphatic carbocycles. The van der Waals surface area contributed by atoms with Gasteiger partial charge in [-0.3, -0.25) is 4.79 Å². The molecule has 0 N–H and O–H groups in total. The van der Waals surface area contributed by atoms with E-state index in [1.165, 1.54) is 0 Å². The predicted octanol–water partition coefficient (Wildman–Crippen LogP) is 1.14. The topological polar surface area (TPSA) is 44.8 Å². The molecule has 1 aliphatic heterocycles. The van der Waals surface area contributed by atoms with Crippen LogP contribution < -0.4 is 0 Å². The van der Waals surface area contributed by atoms with Crippen molar-refractivity contribution in [3.05, 3.63) is 0 Å². The fourth-order valence-electron chi connectivity index (χ4n) is 1.41. The first-order valence-electron chi connectivity index (χ1n) is 5.18. The van der Waals surface area contributed by atoms with Crippen LogP contribution in [0.15, 0.2) is 0 Å². The van der Waals surface area contributed by atoms with E-state index in [1.807, 2.05) is 6.92 Å². The van der Waals surface area contributed by atoms with Crippen molar-refractivity contribution >= 4 is 5.97 Å². The summed E-state index contributed by atoms with van der Waals surface area (Å²) in [4.78, 5) is 11.0. The highest BCUT2D eigenvalue weighted by atomic mass is 16.6. The average Bonchev–Trinajstić information content (AvgIpc) is 2.20. The molecule has 1 unspecified atom stereocenters. The summed E-state index contributed by atoms with van der Waals surface area (Å²) in [7, 11) is 0. The molecule has 4 heteroatoms. The van der Waals surface area contributed by atoms with Crippen molar-refractivity contribution in [2.24, 2.45) is 0 Å². The van der Waals surface area contributed by atoms with Gasteiger partial charge in [0.05, 0.1) is 32.5 Å². The minimum Gasteiger partial charge on any atom is -0.466 e. The number of hydrogen-bond acceptors (Lipinski definition) is 4. The monoisotopic (exact) mass is 202 g/mol. The summed E-state index contributed by atoms with van der Waals surface area (Å²) < 4.78 is 15.5. The molecule has 1 heterocycles. The summed E-state index contributed by atoms with van der Waals surface area (Å²) in [6, 6.07) is 0. The van der Waals surface area contributed by atoms with Gasteiger partial charge < -0.3 is 14.2 Å². The molecule has 1 saturated heterocycles. The minimum atomic E-state index is -0.121. The molecule has 0 saturated carbocycles. The highest BCUT2D eigenvalue weighted by Gasteiger charge is 2.14. The molecule has 0 aromatic carbocycles. The van der Waals surface area contributed by atoms with E-state index in [1.54, 1.807) is 0 Å². The van der Waals surface area contributed by atoms with Gasteiger partial charge in [0.2, 0.25) is 0 Å². The van der Waals surface area contributed by atoms with Gasteiger partial charge >= 0.3 is 5.97 Å². The maximum Gasteiger partial charge on any atom is 0.305 e. The third kappa shape index (κ3) is 4.58. The van der Waals surface area contributed by atoms with Gasteiger partial charge in [-0.05, 0) is 19.8 Å². The number of rotatable bonds is 5. The predicted molar refractivity (Wildman–Crippen MR) is 51.0 cm³/mol. The van der Waals surface area contributed by atoms with E-state index in [-0.39, 0.29) is 12.1 Å². The van der Waals surface area contributed by atoms with Gasteiger partial charge in [-0.25, -0.2) is 0 Å². The van der Waals surface area contributed by atoms with E-state index in [0.717, 1.165) is 12.8 Å². The van der Waals surface area contributed by atoms with Gasteiger partial charge in [0.1, 0.15) is 0 Å². The zero-order chi connectivity index (χ0) is 10.2. The molecule has 0 aromatic rings. The van der Waals surface area contributed by atoms with Gasteiger partial charge in [0.25, 0.3) is 0 Å². The molecule has 0 radical (unpaired) electrons. The number of carbonyl (C=O) groups excluding carboxylic acids is 1. The second-order valence-electron chi connectivity index (χ2n) is 3.26. The van der Waals surface area contributed by atoms with E-state index in [4.69, 9.17) is 14.2 Å². The lowest BCUT2D eigenvalue weighted by molar-refractivity contribution is -0.143. The second kappa shape index (κ2) is 6.79. The maximum absolute atomic E-state index is 11.0. The van der Waals surface area contributed by atoms with Crippen molar-refractivity contribution in [3.63, 3.8) is 0 Å². The smallest absolute Gasteiger partial charge is 0.305 e. The van der Waals surface area contributed by atoms with Crippen LogP contribution in [0.1, 0.15) is 26.2 Å². The van der Waals surface area contributed by atoms with Gasteiger partial charge in [-0.15, -0.1) is 0 Å². The quantitative estimate of drug-likeness (QED) is 0.627. The van der Waals surface area contributed by atoms with E-state index < -0.39 is 0 Å². The molecule has 0 bridgehead atoms. The number of ether oxygens (including phenoxy) is 3. The first-order chi connectivity index (χ1) is 6.83. The third-order valence-corrected chi connectivity index (χ3v) is 2.10. The Hall–Kier alpha value is -0.610. The minimum absolute atomic E-state index is 0.121. The van der Waals surface area contributed by atoms with Crippen molar-refractivity contribution in [1.82, 2.24) is 0 Å². The fraction of sp³-hybridized carbons (Fsp3) is 0.900. The van der Waals surface area contributed by atoms with Crippen LogP contribution in [0.2, 0.25) is 0 Å². The lowest BCUT2D eigenvalue weighted by Crippen LogP contribution is -2.28. The summed E-state index contributed by atoms with van der Waals surface area (Å²) in [5, 5.41) is 0. The van der Waals surface area contributed by atoms with E-state index in [0.29, 0.717) is 32.8 Å². The molecular weight excluding hydrogens is 184 g/mol. The zero-order valence-corrected chi connectivity index (χ0v) is 8.66. The Kier molecular flexibility index (Phi) is 5.56. The van der Waals surface area contributed by atoms with Crippen LogP contribution in [0.4, 0.5) is 0 Å². The Morgan fingerprint density at radius 1 is 1.50 bits per heavy atom. The van der Waals surface area contributed by atoms with Crippen molar-refractivity contribution in [1.29, 1.82) is 0 Å². The Bertz CT molecular complexity index is 164. The van der Waals surface area contributed by atoms with Gasteiger partial charge in [0.15, 0.2) is 0 Å². The number of carbonyl (C=O) groups is 1. The van der Waals surface area contributed by atoms with Gasteiger partial charge in [-0.1, -0.05) is 0 Å². The Labute approximate surface area is 84.5 Å². The van der Waals surface area contributed by atoms with Gasteiger partial charge in [0, 0.05) is 6.42 Å². The summed E-state index contributed by atoms with van der Waals surface area (Å²) in [6.07, 6.45) is 2.33. The number of hydrogen-bond donors (Lipinski definition) is 0. The second-order valence-corrected chi connectivity index (χ2v) is 3.26. The lowest BCUT2D eigenvalue weighted by Gasteiger charge is -2.22. The molecule has 0 aromatic heterocycles. The molecule has 1 fully saturated rings. The first kappa shape index (κ1) is 11.5. The largest absolute Gasteiger partial charge is 0.466 e.